The second kappa shape index (κ2) is 4.37. The van der Waals surface area contributed by atoms with Gasteiger partial charge in [0.15, 0.2) is 7.28 Å². The van der Waals surface area contributed by atoms with Gasteiger partial charge in [-0.15, -0.1) is 0 Å². The molecule has 0 saturated carbocycles. The van der Waals surface area contributed by atoms with Crippen LogP contribution in [0, 0.1) is 5.82 Å². The van der Waals surface area contributed by atoms with Gasteiger partial charge >= 0.3 is 7.12 Å². The van der Waals surface area contributed by atoms with Crippen molar-refractivity contribution in [1.29, 1.82) is 0 Å². The van der Waals surface area contributed by atoms with Crippen LogP contribution in [0.5, 0.6) is 0 Å². The van der Waals surface area contributed by atoms with E-state index in [1.54, 1.807) is 6.07 Å². The van der Waals surface area contributed by atoms with E-state index in [0.717, 1.165) is 12.7 Å². The molecule has 0 amide bonds. The predicted octanol–water partition coefficient (Wildman–Crippen LogP) is -0.214. The zero-order valence-electron chi connectivity index (χ0n) is 9.29. The second-order valence-corrected chi connectivity index (χ2v) is 4.97. The third kappa shape index (κ3) is 3.68. The first-order chi connectivity index (χ1) is 6.79. The molecule has 0 bridgehead atoms. The highest BCUT2D eigenvalue weighted by atomic mass is 19.1. The Labute approximate surface area is 90.5 Å². The van der Waals surface area contributed by atoms with Crippen LogP contribution in [0.15, 0.2) is 18.2 Å². The molecule has 0 unspecified atom stereocenters. The van der Waals surface area contributed by atoms with E-state index < -0.39 is 12.9 Å². The van der Waals surface area contributed by atoms with Gasteiger partial charge in [-0.2, -0.15) is 0 Å². The monoisotopic (exact) mass is 208 g/mol. The largest absolute Gasteiger partial charge is 0.491 e. The highest BCUT2D eigenvalue weighted by molar-refractivity contribution is 6.61. The molecule has 1 aromatic rings. The molecule has 1 aromatic carbocycles. The summed E-state index contributed by atoms with van der Waals surface area (Å²) in [6.45, 7) is 6.22. The van der Waals surface area contributed by atoms with Crippen molar-refractivity contribution in [1.82, 2.24) is 0 Å². The number of benzene rings is 1. The summed E-state index contributed by atoms with van der Waals surface area (Å²) in [6, 6.07) is 4.45. The minimum absolute atomic E-state index is 0.0586. The minimum atomic E-state index is -1.75. The molecular formula is C10H15B2FO2. The summed E-state index contributed by atoms with van der Waals surface area (Å²) in [4.78, 5) is 0. The van der Waals surface area contributed by atoms with E-state index in [1.807, 2.05) is 0 Å². The Morgan fingerprint density at radius 3 is 2.33 bits per heavy atom. The summed E-state index contributed by atoms with van der Waals surface area (Å²) in [6.07, 6.45) is 0. The van der Waals surface area contributed by atoms with Crippen molar-refractivity contribution in [3.63, 3.8) is 0 Å². The lowest BCUT2D eigenvalue weighted by molar-refractivity contribution is 0.423. The first kappa shape index (κ1) is 12.3. The molecule has 80 valence electrons. The molecule has 0 heterocycles. The highest BCUT2D eigenvalue weighted by Crippen LogP contribution is 2.19. The first-order valence-electron chi connectivity index (χ1n) is 4.94. The molecule has 1 rings (SSSR count). The minimum Gasteiger partial charge on any atom is -0.423 e. The maximum absolute atomic E-state index is 13.1. The van der Waals surface area contributed by atoms with Crippen LogP contribution in [0.3, 0.4) is 0 Å². The second-order valence-electron chi connectivity index (χ2n) is 4.97. The van der Waals surface area contributed by atoms with Crippen LogP contribution in [0.1, 0.15) is 20.8 Å². The summed E-state index contributed by atoms with van der Waals surface area (Å²) >= 11 is 0. The number of rotatable bonds is 2. The zero-order chi connectivity index (χ0) is 11.6. The lowest BCUT2D eigenvalue weighted by atomic mass is 9.51. The third-order valence-corrected chi connectivity index (χ3v) is 2.07. The number of hydrogen-bond donors (Lipinski definition) is 2. The summed E-state index contributed by atoms with van der Waals surface area (Å²) < 4.78 is 13.1. The van der Waals surface area contributed by atoms with E-state index in [9.17, 15) is 4.39 Å². The highest BCUT2D eigenvalue weighted by Gasteiger charge is 2.19. The third-order valence-electron chi connectivity index (χ3n) is 2.07. The smallest absolute Gasteiger partial charge is 0.423 e. The summed E-state index contributed by atoms with van der Waals surface area (Å²) in [5, 5.41) is 18.0. The standard InChI is InChI=1S/C10H15B2FO2/c1-10(2,3)11-7-4-5-9(13)8(6-7)12(14)15/h4-6,11,14-15H,1-3H3. The molecule has 15 heavy (non-hydrogen) atoms. The molecule has 0 aliphatic carbocycles. The van der Waals surface area contributed by atoms with Gasteiger partial charge in [0.1, 0.15) is 5.82 Å². The van der Waals surface area contributed by atoms with Gasteiger partial charge in [-0.05, 0) is 6.07 Å². The van der Waals surface area contributed by atoms with Crippen LogP contribution in [0.25, 0.3) is 0 Å². The molecule has 0 aliphatic heterocycles. The van der Waals surface area contributed by atoms with E-state index >= 15 is 0 Å². The van der Waals surface area contributed by atoms with Crippen LogP contribution in [0.2, 0.25) is 5.31 Å². The van der Waals surface area contributed by atoms with E-state index in [2.05, 4.69) is 20.8 Å². The van der Waals surface area contributed by atoms with E-state index in [4.69, 9.17) is 10.0 Å². The lowest BCUT2D eigenvalue weighted by Crippen LogP contribution is -2.37. The van der Waals surface area contributed by atoms with Gasteiger partial charge in [0, 0.05) is 5.46 Å². The fraction of sp³-hybridized carbons (Fsp3) is 0.400. The Morgan fingerprint density at radius 1 is 1.27 bits per heavy atom. The quantitative estimate of drug-likeness (QED) is 0.659. The van der Waals surface area contributed by atoms with Gasteiger partial charge < -0.3 is 10.0 Å². The van der Waals surface area contributed by atoms with Crippen molar-refractivity contribution in [2.45, 2.75) is 26.1 Å². The molecule has 0 atom stereocenters. The van der Waals surface area contributed by atoms with Crippen molar-refractivity contribution in [2.24, 2.45) is 0 Å². The van der Waals surface area contributed by atoms with Gasteiger partial charge in [0.2, 0.25) is 0 Å². The first-order valence-corrected chi connectivity index (χ1v) is 4.94. The molecule has 0 aromatic heterocycles. The lowest BCUT2D eigenvalue weighted by Gasteiger charge is -2.17. The normalized spacial score (nSPS) is 11.3. The van der Waals surface area contributed by atoms with Crippen LogP contribution in [0.4, 0.5) is 4.39 Å². The van der Waals surface area contributed by atoms with Gasteiger partial charge in [-0.25, -0.2) is 4.39 Å². The molecule has 5 heteroatoms. The fourth-order valence-electron chi connectivity index (χ4n) is 1.51. The van der Waals surface area contributed by atoms with Gasteiger partial charge in [-0.1, -0.05) is 43.7 Å². The molecule has 0 radical (unpaired) electrons. The summed E-state index contributed by atoms with van der Waals surface area (Å²) in [5.41, 5.74) is 0.851. The Balaban J connectivity index is 2.98. The molecule has 2 N–H and O–H groups in total. The SMILES string of the molecule is CC(C)(C)Bc1ccc(F)c(B(O)O)c1. The van der Waals surface area contributed by atoms with Gasteiger partial charge in [-0.3, -0.25) is 0 Å². The van der Waals surface area contributed by atoms with Crippen LogP contribution in [-0.2, 0) is 0 Å². The predicted molar refractivity (Wildman–Crippen MR) is 62.7 cm³/mol. The molecule has 2 nitrogen and oxygen atoms in total. The van der Waals surface area contributed by atoms with Crippen molar-refractivity contribution in [2.75, 3.05) is 0 Å². The van der Waals surface area contributed by atoms with E-state index in [-0.39, 0.29) is 10.8 Å². The van der Waals surface area contributed by atoms with Crippen LogP contribution >= 0.6 is 0 Å². The Morgan fingerprint density at radius 2 is 1.87 bits per heavy atom. The van der Waals surface area contributed by atoms with Crippen molar-refractivity contribution < 1.29 is 14.4 Å². The summed E-state index contributed by atoms with van der Waals surface area (Å²) in [7, 11) is -0.975. The zero-order valence-corrected chi connectivity index (χ0v) is 9.29. The fourth-order valence-corrected chi connectivity index (χ4v) is 1.51. The molecule has 0 spiro atoms. The van der Waals surface area contributed by atoms with Gasteiger partial charge in [0.05, 0.1) is 0 Å². The Kier molecular flexibility index (Phi) is 3.58. The van der Waals surface area contributed by atoms with E-state index in [1.165, 1.54) is 12.1 Å². The average molecular weight is 208 g/mol. The van der Waals surface area contributed by atoms with Crippen LogP contribution in [-0.4, -0.2) is 24.4 Å². The Hall–Kier alpha value is -0.800. The average Bonchev–Trinajstić information content (AvgIpc) is 2.05. The summed E-state index contributed by atoms with van der Waals surface area (Å²) in [5.74, 6) is -0.581. The van der Waals surface area contributed by atoms with Crippen LogP contribution < -0.4 is 10.9 Å². The van der Waals surface area contributed by atoms with Gasteiger partial charge in [0.25, 0.3) is 0 Å². The number of halogens is 1. The number of hydrogen-bond acceptors (Lipinski definition) is 2. The molecule has 0 fully saturated rings. The molecule has 0 aliphatic rings. The molecular weight excluding hydrogens is 193 g/mol. The maximum atomic E-state index is 13.1. The van der Waals surface area contributed by atoms with Crippen molar-refractivity contribution in [3.05, 3.63) is 24.0 Å². The van der Waals surface area contributed by atoms with Crippen molar-refractivity contribution >= 4 is 25.3 Å². The maximum Gasteiger partial charge on any atom is 0.491 e. The Bertz CT molecular complexity index is 348. The molecule has 0 saturated heterocycles. The van der Waals surface area contributed by atoms with E-state index in [0.29, 0.717) is 0 Å². The van der Waals surface area contributed by atoms with Crippen molar-refractivity contribution in [3.8, 4) is 0 Å². The topological polar surface area (TPSA) is 40.5 Å².